The molecule has 0 aliphatic heterocycles. The minimum absolute atomic E-state index is 0. The summed E-state index contributed by atoms with van der Waals surface area (Å²) in [4.78, 5) is 0. The molecule has 1 atom stereocenters. The normalized spacial score (nSPS) is 10.3. The van der Waals surface area contributed by atoms with Crippen LogP contribution in [-0.4, -0.2) is 6.16 Å². The molecule has 0 aromatic heterocycles. The quantitative estimate of drug-likeness (QED) is 0.554. The van der Waals surface area contributed by atoms with Gasteiger partial charge in [-0.25, -0.2) is 0 Å². The van der Waals surface area contributed by atoms with Crippen LogP contribution in [-0.2, 0) is 0 Å². The zero-order valence-corrected chi connectivity index (χ0v) is 17.5. The van der Waals surface area contributed by atoms with Crippen molar-refractivity contribution in [1.82, 2.24) is 0 Å². The first kappa shape index (κ1) is 20.0. The number of hydrogen-bond acceptors (Lipinski definition) is 0. The Kier molecular flexibility index (Phi) is 8.13. The van der Waals surface area contributed by atoms with E-state index in [1.54, 1.807) is 0 Å². The van der Waals surface area contributed by atoms with Crippen LogP contribution in [0.25, 0.3) is 0 Å². The fraction of sp³-hybridized carbons (Fsp3) is 0.100. The van der Waals surface area contributed by atoms with Crippen molar-refractivity contribution in [3.8, 4) is 0 Å². The van der Waals surface area contributed by atoms with Gasteiger partial charge in [-0.15, -0.1) is 17.0 Å². The zero-order chi connectivity index (χ0) is 14.5. The summed E-state index contributed by atoms with van der Waals surface area (Å²) in [5.41, 5.74) is 0. The summed E-state index contributed by atoms with van der Waals surface area (Å²) in [6.45, 7) is 2.32. The van der Waals surface area contributed by atoms with Crippen LogP contribution in [0.2, 0.25) is 0 Å². The molecule has 0 aliphatic carbocycles. The molecule has 3 aromatic carbocycles. The monoisotopic (exact) mass is 405 g/mol. The third kappa shape index (κ3) is 3.92. The molecule has 0 N–H and O–H groups in total. The molecule has 0 spiro atoms. The minimum atomic E-state index is -1.53. The van der Waals surface area contributed by atoms with Gasteiger partial charge in [0.05, 0.1) is 6.16 Å². The Bertz CT molecular complexity index is 588. The summed E-state index contributed by atoms with van der Waals surface area (Å²) in [7, 11) is -1.53. The van der Waals surface area contributed by atoms with Crippen molar-refractivity contribution in [2.24, 2.45) is 0 Å². The van der Waals surface area contributed by atoms with E-state index in [1.807, 2.05) is 0 Å². The predicted molar refractivity (Wildman–Crippen MR) is 117 cm³/mol. The van der Waals surface area contributed by atoms with E-state index in [9.17, 15) is 0 Å². The van der Waals surface area contributed by atoms with Crippen LogP contribution in [0.15, 0.2) is 91.0 Å². The Balaban J connectivity index is 0.00000132. The molecule has 1 unspecified atom stereocenters. The molecule has 120 valence electrons. The van der Waals surface area contributed by atoms with Gasteiger partial charge in [0.15, 0.2) is 0 Å². The predicted octanol–water partition coefficient (Wildman–Crippen LogP) is 4.64. The van der Waals surface area contributed by atoms with Crippen LogP contribution < -0.4 is 15.9 Å². The molecule has 0 radical (unpaired) electrons. The zero-order valence-electron chi connectivity index (χ0n) is 13.4. The first-order chi connectivity index (χ1) is 10.4. The van der Waals surface area contributed by atoms with Crippen LogP contribution in [0.1, 0.15) is 6.92 Å². The van der Waals surface area contributed by atoms with Crippen molar-refractivity contribution >= 4 is 50.1 Å². The molecule has 23 heavy (non-hydrogen) atoms. The Morgan fingerprint density at radius 2 is 0.826 bits per heavy atom. The van der Waals surface area contributed by atoms with E-state index < -0.39 is 7.26 Å². The fourth-order valence-corrected chi connectivity index (χ4v) is 7.08. The molecular formula is C20H24BrP2+. The van der Waals surface area contributed by atoms with Gasteiger partial charge in [0.1, 0.15) is 23.2 Å². The molecule has 3 heteroatoms. The largest absolute Gasteiger partial charge is 0.153 e. The first-order valence-corrected chi connectivity index (χ1v) is 9.40. The van der Waals surface area contributed by atoms with Crippen LogP contribution in [0.4, 0.5) is 0 Å². The molecule has 0 heterocycles. The first-order valence-electron chi connectivity index (χ1n) is 7.43. The highest BCUT2D eigenvalue weighted by atomic mass is 79.9. The van der Waals surface area contributed by atoms with E-state index in [-0.39, 0.29) is 26.9 Å². The van der Waals surface area contributed by atoms with Gasteiger partial charge in [-0.1, -0.05) is 54.6 Å². The summed E-state index contributed by atoms with van der Waals surface area (Å²) >= 11 is 0. The number of halogens is 1. The summed E-state index contributed by atoms with van der Waals surface area (Å²) in [5.74, 6) is 0. The lowest BCUT2D eigenvalue weighted by molar-refractivity contribution is 1.48. The van der Waals surface area contributed by atoms with Gasteiger partial charge in [0.2, 0.25) is 0 Å². The highest BCUT2D eigenvalue weighted by molar-refractivity contribution is 8.93. The standard InChI is InChI=1S/C20H20P.BrH.H3P/c1-2-21(18-12-6-3-7-13-18,19-14-8-4-9-15-19)20-16-10-5-11-17-20;;/h3-17H,2H2,1H3;1H;1H3/q+1;;. The second-order valence-corrected chi connectivity index (χ2v) is 8.93. The Morgan fingerprint density at radius 1 is 0.565 bits per heavy atom. The van der Waals surface area contributed by atoms with Gasteiger partial charge in [0.25, 0.3) is 0 Å². The molecule has 0 fully saturated rings. The molecule has 0 saturated heterocycles. The van der Waals surface area contributed by atoms with Crippen molar-refractivity contribution in [2.75, 3.05) is 6.16 Å². The van der Waals surface area contributed by atoms with E-state index in [1.165, 1.54) is 15.9 Å². The lowest BCUT2D eigenvalue weighted by Gasteiger charge is -2.26. The third-order valence-electron chi connectivity index (χ3n) is 4.07. The molecule has 0 nitrogen and oxygen atoms in total. The Labute approximate surface area is 154 Å². The van der Waals surface area contributed by atoms with Crippen molar-refractivity contribution in [2.45, 2.75) is 6.92 Å². The topological polar surface area (TPSA) is 0 Å². The lowest BCUT2D eigenvalue weighted by atomic mass is 10.4. The molecule has 3 aromatic rings. The molecular weight excluding hydrogens is 382 g/mol. The van der Waals surface area contributed by atoms with Crippen molar-refractivity contribution in [3.05, 3.63) is 91.0 Å². The maximum Gasteiger partial charge on any atom is 0.111 e. The van der Waals surface area contributed by atoms with Crippen molar-refractivity contribution in [1.29, 1.82) is 0 Å². The fourth-order valence-electron chi connectivity index (χ4n) is 3.04. The van der Waals surface area contributed by atoms with Crippen LogP contribution in [0, 0.1) is 0 Å². The average Bonchev–Trinajstić information content (AvgIpc) is 2.59. The Morgan fingerprint density at radius 3 is 1.04 bits per heavy atom. The van der Waals surface area contributed by atoms with E-state index >= 15 is 0 Å². The molecule has 0 amide bonds. The third-order valence-corrected chi connectivity index (χ3v) is 8.55. The highest BCUT2D eigenvalue weighted by Crippen LogP contribution is 2.54. The summed E-state index contributed by atoms with van der Waals surface area (Å²) in [5, 5.41) is 4.39. The second kappa shape index (κ2) is 9.33. The number of rotatable bonds is 4. The number of benzene rings is 3. The van der Waals surface area contributed by atoms with Gasteiger partial charge >= 0.3 is 0 Å². The van der Waals surface area contributed by atoms with Gasteiger partial charge in [-0.3, -0.25) is 0 Å². The lowest BCUT2D eigenvalue weighted by Crippen LogP contribution is -2.32. The van der Waals surface area contributed by atoms with Gasteiger partial charge in [-0.05, 0) is 43.3 Å². The average molecular weight is 406 g/mol. The van der Waals surface area contributed by atoms with Crippen LogP contribution in [0.5, 0.6) is 0 Å². The van der Waals surface area contributed by atoms with Gasteiger partial charge in [-0.2, -0.15) is 9.90 Å². The van der Waals surface area contributed by atoms with Crippen LogP contribution in [0.3, 0.4) is 0 Å². The minimum Gasteiger partial charge on any atom is -0.153 e. The molecule has 0 bridgehead atoms. The molecule has 0 saturated carbocycles. The van der Waals surface area contributed by atoms with Crippen molar-refractivity contribution < 1.29 is 0 Å². The van der Waals surface area contributed by atoms with E-state index in [2.05, 4.69) is 97.9 Å². The van der Waals surface area contributed by atoms with Gasteiger partial charge < -0.3 is 0 Å². The number of hydrogen-bond donors (Lipinski definition) is 0. The highest BCUT2D eigenvalue weighted by Gasteiger charge is 2.43. The summed E-state index contributed by atoms with van der Waals surface area (Å²) in [6.07, 6.45) is 1.14. The van der Waals surface area contributed by atoms with Gasteiger partial charge in [0, 0.05) is 0 Å². The second-order valence-electron chi connectivity index (χ2n) is 5.13. The maximum atomic E-state index is 2.32. The van der Waals surface area contributed by atoms with Crippen LogP contribution >= 0.6 is 34.1 Å². The molecule has 0 aliphatic rings. The summed E-state index contributed by atoms with van der Waals surface area (Å²) in [6, 6.07) is 33.0. The van der Waals surface area contributed by atoms with Crippen molar-refractivity contribution in [3.63, 3.8) is 0 Å². The summed E-state index contributed by atoms with van der Waals surface area (Å²) < 4.78 is 0. The molecule has 3 rings (SSSR count). The maximum absolute atomic E-state index is 2.32. The Hall–Kier alpha value is -1.000. The van der Waals surface area contributed by atoms with E-state index in [0.717, 1.165) is 6.16 Å². The van der Waals surface area contributed by atoms with E-state index in [0.29, 0.717) is 0 Å². The smallest absolute Gasteiger partial charge is 0.111 e. The van der Waals surface area contributed by atoms with E-state index in [4.69, 9.17) is 0 Å². The SMILES string of the molecule is Br.CC[P+](c1ccccc1)(c1ccccc1)c1ccccc1.P.